The van der Waals surface area contributed by atoms with Crippen molar-refractivity contribution in [2.45, 2.75) is 33.7 Å². The number of hydrogen-bond acceptors (Lipinski definition) is 3. The number of anilines is 1. The van der Waals surface area contributed by atoms with Crippen LogP contribution in [0.5, 0.6) is 0 Å². The van der Waals surface area contributed by atoms with E-state index in [2.05, 4.69) is 35.6 Å². The zero-order valence-corrected chi connectivity index (χ0v) is 16.5. The van der Waals surface area contributed by atoms with Gasteiger partial charge in [-0.15, -0.1) is 11.3 Å². The quantitative estimate of drug-likeness (QED) is 0.490. The van der Waals surface area contributed by atoms with Crippen molar-refractivity contribution >= 4 is 34.1 Å². The van der Waals surface area contributed by atoms with E-state index < -0.39 is 0 Å². The average molecular weight is 379 g/mol. The van der Waals surface area contributed by atoms with Crippen molar-refractivity contribution in [1.82, 2.24) is 14.5 Å². The molecule has 0 unspecified atom stereocenters. The summed E-state index contributed by atoms with van der Waals surface area (Å²) < 4.78 is 2.18. The van der Waals surface area contributed by atoms with E-state index in [1.54, 1.807) is 0 Å². The highest BCUT2D eigenvalue weighted by Gasteiger charge is 2.23. The van der Waals surface area contributed by atoms with Crippen LogP contribution in [0.3, 0.4) is 0 Å². The molecule has 0 aliphatic heterocycles. The van der Waals surface area contributed by atoms with Gasteiger partial charge in [0, 0.05) is 12.2 Å². The van der Waals surface area contributed by atoms with Crippen molar-refractivity contribution < 1.29 is 4.79 Å². The maximum Gasteiger partial charge on any atom is 0.266 e. The van der Waals surface area contributed by atoms with Crippen molar-refractivity contribution in [2.24, 2.45) is 0 Å². The normalized spacial score (nSPS) is 11.2. The van der Waals surface area contributed by atoms with Gasteiger partial charge in [-0.1, -0.05) is 25.1 Å². The summed E-state index contributed by atoms with van der Waals surface area (Å²) in [5.74, 6) is 1.51. The van der Waals surface area contributed by atoms with Crippen molar-refractivity contribution in [2.75, 3.05) is 5.32 Å². The molecule has 3 heterocycles. The van der Waals surface area contributed by atoms with Gasteiger partial charge in [0.25, 0.3) is 5.91 Å². The molecule has 6 heteroatoms. The number of para-hydroxylation sites is 2. The summed E-state index contributed by atoms with van der Waals surface area (Å²) in [5, 5.41) is 5.06. The summed E-state index contributed by atoms with van der Waals surface area (Å²) in [5.41, 5.74) is 5.14. The Morgan fingerprint density at radius 3 is 2.74 bits per heavy atom. The molecule has 27 heavy (non-hydrogen) atoms. The van der Waals surface area contributed by atoms with Gasteiger partial charge in [0.1, 0.15) is 11.6 Å². The number of fused-ring (bicyclic) bond motifs is 1. The van der Waals surface area contributed by atoms with Crippen molar-refractivity contribution in [1.29, 1.82) is 0 Å². The van der Waals surface area contributed by atoms with Gasteiger partial charge < -0.3 is 14.9 Å². The third kappa shape index (κ3) is 3.06. The first-order chi connectivity index (χ1) is 13.1. The Labute approximate surface area is 162 Å². The minimum absolute atomic E-state index is 0.0859. The third-order valence-electron chi connectivity index (χ3n) is 4.88. The van der Waals surface area contributed by atoms with Crippen LogP contribution in [0.1, 0.15) is 34.3 Å². The first-order valence-corrected chi connectivity index (χ1v) is 9.97. The van der Waals surface area contributed by atoms with Crippen LogP contribution in [0.4, 0.5) is 5.82 Å². The van der Waals surface area contributed by atoms with Gasteiger partial charge in [-0.3, -0.25) is 4.79 Å². The first-order valence-electron chi connectivity index (χ1n) is 9.09. The number of nitrogens with one attached hydrogen (secondary N) is 2. The van der Waals surface area contributed by atoms with E-state index in [0.29, 0.717) is 4.88 Å². The molecule has 0 spiro atoms. The molecular formula is C21H22N4OS. The first kappa shape index (κ1) is 17.5. The SMILES string of the molecule is CCCn1c(C)c(C)c(-c2nc3ccccc3[nH]2)c1NC(=O)c1cccs1. The maximum atomic E-state index is 12.8. The fourth-order valence-electron chi connectivity index (χ4n) is 3.43. The zero-order chi connectivity index (χ0) is 19.0. The molecule has 0 fully saturated rings. The van der Waals surface area contributed by atoms with Crippen LogP contribution in [-0.4, -0.2) is 20.4 Å². The number of carbonyl (C=O) groups excluding carboxylic acids is 1. The predicted molar refractivity (Wildman–Crippen MR) is 112 cm³/mol. The fraction of sp³-hybridized carbons (Fsp3) is 0.238. The lowest BCUT2D eigenvalue weighted by Gasteiger charge is -2.12. The monoisotopic (exact) mass is 378 g/mol. The van der Waals surface area contributed by atoms with Gasteiger partial charge in [0.15, 0.2) is 0 Å². The number of benzene rings is 1. The zero-order valence-electron chi connectivity index (χ0n) is 15.7. The van der Waals surface area contributed by atoms with Gasteiger partial charge >= 0.3 is 0 Å². The van der Waals surface area contributed by atoms with E-state index in [1.807, 2.05) is 41.8 Å². The smallest absolute Gasteiger partial charge is 0.266 e. The summed E-state index contributed by atoms with van der Waals surface area (Å²) in [6.07, 6.45) is 0.983. The predicted octanol–water partition coefficient (Wildman–Crippen LogP) is 5.37. The molecule has 3 aromatic heterocycles. The van der Waals surface area contributed by atoms with Crippen LogP contribution < -0.4 is 5.32 Å². The van der Waals surface area contributed by atoms with Gasteiger partial charge in [-0.25, -0.2) is 4.98 Å². The lowest BCUT2D eigenvalue weighted by atomic mass is 10.1. The number of aromatic nitrogens is 3. The molecule has 5 nitrogen and oxygen atoms in total. The minimum atomic E-state index is -0.0859. The van der Waals surface area contributed by atoms with Crippen molar-refractivity contribution in [3.8, 4) is 11.4 Å². The molecule has 0 atom stereocenters. The lowest BCUT2D eigenvalue weighted by molar-refractivity contribution is 0.102. The number of thiophene rings is 1. The van der Waals surface area contributed by atoms with E-state index in [-0.39, 0.29) is 5.91 Å². The summed E-state index contributed by atoms with van der Waals surface area (Å²) in [7, 11) is 0. The Kier molecular flexibility index (Phi) is 4.58. The second-order valence-corrected chi connectivity index (χ2v) is 7.57. The maximum absolute atomic E-state index is 12.8. The standard InChI is InChI=1S/C21H22N4OS/c1-4-11-25-14(3)13(2)18(19-22-15-8-5-6-9-16(15)23-19)20(25)24-21(26)17-10-7-12-27-17/h5-10,12H,4,11H2,1-3H3,(H,22,23)(H,24,26). The topological polar surface area (TPSA) is 62.7 Å². The van der Waals surface area contributed by atoms with Gasteiger partial charge in [-0.05, 0) is 49.4 Å². The van der Waals surface area contributed by atoms with Crippen LogP contribution >= 0.6 is 11.3 Å². The molecule has 0 bridgehead atoms. The van der Waals surface area contributed by atoms with Crippen LogP contribution in [0, 0.1) is 13.8 Å². The average Bonchev–Trinajstić information content (AvgIpc) is 3.37. The van der Waals surface area contributed by atoms with E-state index >= 15 is 0 Å². The molecule has 4 rings (SSSR count). The number of nitrogens with zero attached hydrogens (tertiary/aromatic N) is 2. The van der Waals surface area contributed by atoms with Crippen LogP contribution in [-0.2, 0) is 6.54 Å². The van der Waals surface area contributed by atoms with Gasteiger partial charge in [-0.2, -0.15) is 0 Å². The number of rotatable bonds is 5. The molecule has 0 aliphatic rings. The Bertz CT molecular complexity index is 1070. The molecule has 2 N–H and O–H groups in total. The molecule has 0 saturated heterocycles. The molecule has 138 valence electrons. The summed E-state index contributed by atoms with van der Waals surface area (Å²) >= 11 is 1.44. The Hall–Kier alpha value is -2.86. The highest BCUT2D eigenvalue weighted by Crippen LogP contribution is 2.36. The van der Waals surface area contributed by atoms with Gasteiger partial charge in [0.2, 0.25) is 0 Å². The number of imidazole rings is 1. The highest BCUT2D eigenvalue weighted by atomic mass is 32.1. The summed E-state index contributed by atoms with van der Waals surface area (Å²) in [6, 6.07) is 11.7. The Morgan fingerprint density at radius 1 is 1.22 bits per heavy atom. The van der Waals surface area contributed by atoms with E-state index in [1.165, 1.54) is 11.3 Å². The van der Waals surface area contributed by atoms with Crippen molar-refractivity contribution in [3.05, 3.63) is 57.9 Å². The summed E-state index contributed by atoms with van der Waals surface area (Å²) in [6.45, 7) is 7.16. The van der Waals surface area contributed by atoms with Crippen LogP contribution in [0.2, 0.25) is 0 Å². The molecule has 1 aromatic carbocycles. The lowest BCUT2D eigenvalue weighted by Crippen LogP contribution is -2.15. The second kappa shape index (κ2) is 7.04. The third-order valence-corrected chi connectivity index (χ3v) is 5.75. The molecular weight excluding hydrogens is 356 g/mol. The number of aromatic amines is 1. The molecule has 0 radical (unpaired) electrons. The minimum Gasteiger partial charge on any atom is -0.338 e. The van der Waals surface area contributed by atoms with E-state index in [9.17, 15) is 4.79 Å². The van der Waals surface area contributed by atoms with Crippen LogP contribution in [0.25, 0.3) is 22.4 Å². The molecule has 0 saturated carbocycles. The molecule has 0 aliphatic carbocycles. The van der Waals surface area contributed by atoms with E-state index in [4.69, 9.17) is 4.98 Å². The number of H-pyrrole nitrogens is 1. The van der Waals surface area contributed by atoms with Crippen molar-refractivity contribution in [3.63, 3.8) is 0 Å². The molecule has 4 aromatic rings. The summed E-state index contributed by atoms with van der Waals surface area (Å²) in [4.78, 5) is 21.6. The number of carbonyl (C=O) groups is 1. The van der Waals surface area contributed by atoms with Gasteiger partial charge in [0.05, 0.1) is 21.5 Å². The Balaban J connectivity index is 1.86. The number of amides is 1. The number of hydrogen-bond donors (Lipinski definition) is 2. The second-order valence-electron chi connectivity index (χ2n) is 6.62. The largest absolute Gasteiger partial charge is 0.338 e. The van der Waals surface area contributed by atoms with E-state index in [0.717, 1.165) is 52.5 Å². The van der Waals surface area contributed by atoms with Crippen LogP contribution in [0.15, 0.2) is 41.8 Å². The fourth-order valence-corrected chi connectivity index (χ4v) is 4.05. The Morgan fingerprint density at radius 2 is 2.04 bits per heavy atom. The highest BCUT2D eigenvalue weighted by molar-refractivity contribution is 7.12. The molecule has 1 amide bonds.